The Balaban J connectivity index is 1.48. The Morgan fingerprint density at radius 1 is 0.806 bits per heavy atom. The maximum absolute atomic E-state index is 13.1. The van der Waals surface area contributed by atoms with Crippen LogP contribution in [0.15, 0.2) is 109 Å². The summed E-state index contributed by atoms with van der Waals surface area (Å²) < 4.78 is 32.2. The van der Waals surface area contributed by atoms with E-state index in [1.165, 1.54) is 18.3 Å². The van der Waals surface area contributed by atoms with E-state index in [0.29, 0.717) is 16.9 Å². The summed E-state index contributed by atoms with van der Waals surface area (Å²) >= 11 is 3.36. The number of hydrogen-bond donors (Lipinski definition) is 1. The van der Waals surface area contributed by atoms with Crippen LogP contribution in [0.3, 0.4) is 0 Å². The van der Waals surface area contributed by atoms with Crippen LogP contribution in [-0.4, -0.2) is 33.1 Å². The summed E-state index contributed by atoms with van der Waals surface area (Å²) in [5.74, 6) is 0.915. The Labute approximate surface area is 218 Å². The second-order valence-electron chi connectivity index (χ2n) is 7.94. The first-order chi connectivity index (χ1) is 17.3. The Kier molecular flexibility index (Phi) is 7.67. The molecule has 182 valence electrons. The molecule has 0 bridgehead atoms. The molecule has 0 aliphatic rings. The number of halogens is 1. The molecule has 0 spiro atoms. The van der Waals surface area contributed by atoms with Crippen molar-refractivity contribution >= 4 is 49.6 Å². The van der Waals surface area contributed by atoms with E-state index in [4.69, 9.17) is 4.74 Å². The van der Waals surface area contributed by atoms with Gasteiger partial charge in [-0.3, -0.25) is 9.98 Å². The molecule has 0 fully saturated rings. The van der Waals surface area contributed by atoms with Crippen LogP contribution < -0.4 is 4.74 Å². The number of methoxy groups -OCH3 is 1. The summed E-state index contributed by atoms with van der Waals surface area (Å²) in [7, 11) is -2.07. The second kappa shape index (κ2) is 10.9. The minimum absolute atomic E-state index is 0.105. The molecule has 0 saturated carbocycles. The van der Waals surface area contributed by atoms with Crippen molar-refractivity contribution in [1.82, 2.24) is 0 Å². The van der Waals surface area contributed by atoms with Gasteiger partial charge in [-0.1, -0.05) is 15.9 Å². The monoisotopic (exact) mass is 562 g/mol. The molecule has 0 aliphatic heterocycles. The van der Waals surface area contributed by atoms with E-state index < -0.39 is 9.84 Å². The molecule has 0 radical (unpaired) electrons. The number of aryl methyl sites for hydroxylation is 1. The first-order valence-electron chi connectivity index (χ1n) is 10.9. The number of ether oxygens (including phenoxy) is 1. The summed E-state index contributed by atoms with van der Waals surface area (Å²) in [5.41, 5.74) is 3.68. The van der Waals surface area contributed by atoms with Crippen molar-refractivity contribution in [1.29, 1.82) is 0 Å². The van der Waals surface area contributed by atoms with Crippen molar-refractivity contribution in [2.75, 3.05) is 7.11 Å². The highest BCUT2D eigenvalue weighted by atomic mass is 79.9. The largest absolute Gasteiger partial charge is 0.507 e. The van der Waals surface area contributed by atoms with Gasteiger partial charge in [0.2, 0.25) is 9.84 Å². The number of benzene rings is 4. The lowest BCUT2D eigenvalue weighted by atomic mass is 10.1. The minimum atomic E-state index is -3.70. The number of nitrogens with zero attached hydrogens (tertiary/aromatic N) is 2. The third-order valence-electron chi connectivity index (χ3n) is 5.42. The van der Waals surface area contributed by atoms with Crippen molar-refractivity contribution < 1.29 is 18.3 Å². The van der Waals surface area contributed by atoms with Gasteiger partial charge in [-0.2, -0.15) is 0 Å². The predicted molar refractivity (Wildman–Crippen MR) is 146 cm³/mol. The SMILES string of the molecule is COc1ccc(C=Nc2ccc(S(=O)(=O)c3ccc(N=Cc4cc(Br)ccc4O)cc3)cc2)cc1C. The maximum Gasteiger partial charge on any atom is 0.206 e. The van der Waals surface area contributed by atoms with Gasteiger partial charge in [0.25, 0.3) is 0 Å². The fraction of sp³-hybridized carbons (Fsp3) is 0.0714. The molecule has 0 amide bonds. The Hall–Kier alpha value is -3.75. The molecular formula is C28H23BrN2O4S. The second-order valence-corrected chi connectivity index (χ2v) is 10.8. The zero-order valence-electron chi connectivity index (χ0n) is 19.6. The van der Waals surface area contributed by atoms with Gasteiger partial charge in [-0.25, -0.2) is 8.42 Å². The van der Waals surface area contributed by atoms with Crippen molar-refractivity contribution in [3.8, 4) is 11.5 Å². The minimum Gasteiger partial charge on any atom is -0.507 e. The van der Waals surface area contributed by atoms with Crippen LogP contribution in [0.1, 0.15) is 16.7 Å². The van der Waals surface area contributed by atoms with Crippen LogP contribution in [0.2, 0.25) is 0 Å². The van der Waals surface area contributed by atoms with Gasteiger partial charge in [-0.05, 0) is 103 Å². The van der Waals surface area contributed by atoms with Gasteiger partial charge >= 0.3 is 0 Å². The van der Waals surface area contributed by atoms with E-state index in [9.17, 15) is 13.5 Å². The quantitative estimate of drug-likeness (QED) is 0.251. The number of rotatable bonds is 7. The summed E-state index contributed by atoms with van der Waals surface area (Å²) in [6.45, 7) is 1.96. The van der Waals surface area contributed by atoms with Crippen LogP contribution in [-0.2, 0) is 9.84 Å². The molecule has 0 aliphatic carbocycles. The van der Waals surface area contributed by atoms with Crippen molar-refractivity contribution in [3.05, 3.63) is 106 Å². The first kappa shape index (κ1) is 25.3. The standard InChI is InChI=1S/C28H23BrN2O4S/c1-19-15-20(3-14-28(19)35-2)17-30-23-5-9-25(10-6-23)36(33,34)26-11-7-24(8-12-26)31-18-21-16-22(29)4-13-27(21)32/h3-18,32H,1-2H3. The number of aliphatic imine (C=N–C) groups is 2. The first-order valence-corrected chi connectivity index (χ1v) is 13.2. The van der Waals surface area contributed by atoms with Crippen LogP contribution in [0, 0.1) is 6.92 Å². The molecule has 0 aromatic heterocycles. The number of phenolic OH excluding ortho intramolecular Hbond substituents is 1. The molecule has 4 aromatic carbocycles. The molecule has 0 heterocycles. The summed E-state index contributed by atoms with van der Waals surface area (Å²) in [5, 5.41) is 9.93. The van der Waals surface area contributed by atoms with E-state index in [0.717, 1.165) is 21.3 Å². The average molecular weight is 563 g/mol. The van der Waals surface area contributed by atoms with E-state index >= 15 is 0 Å². The molecule has 36 heavy (non-hydrogen) atoms. The average Bonchev–Trinajstić information content (AvgIpc) is 2.88. The van der Waals surface area contributed by atoms with Crippen molar-refractivity contribution in [2.24, 2.45) is 9.98 Å². The fourth-order valence-electron chi connectivity index (χ4n) is 3.46. The number of aromatic hydroxyl groups is 1. The van der Waals surface area contributed by atoms with Crippen molar-refractivity contribution in [3.63, 3.8) is 0 Å². The topological polar surface area (TPSA) is 88.3 Å². The lowest BCUT2D eigenvalue weighted by molar-refractivity contribution is 0.411. The highest BCUT2D eigenvalue weighted by Gasteiger charge is 2.17. The van der Waals surface area contributed by atoms with Gasteiger partial charge in [0.15, 0.2) is 0 Å². The highest BCUT2D eigenvalue weighted by molar-refractivity contribution is 9.10. The zero-order chi connectivity index (χ0) is 25.7. The summed E-state index contributed by atoms with van der Waals surface area (Å²) in [6, 6.07) is 23.5. The molecule has 0 unspecified atom stereocenters. The van der Waals surface area contributed by atoms with Gasteiger partial charge in [-0.15, -0.1) is 0 Å². The summed E-state index contributed by atoms with van der Waals surface area (Å²) in [6.07, 6.45) is 3.25. The van der Waals surface area contributed by atoms with Crippen LogP contribution in [0.25, 0.3) is 0 Å². The number of hydrogen-bond acceptors (Lipinski definition) is 6. The van der Waals surface area contributed by atoms with Gasteiger partial charge in [0, 0.05) is 22.5 Å². The van der Waals surface area contributed by atoms with Crippen LogP contribution in [0.4, 0.5) is 11.4 Å². The molecule has 0 saturated heterocycles. The Morgan fingerprint density at radius 3 is 1.94 bits per heavy atom. The molecule has 4 rings (SSSR count). The molecule has 8 heteroatoms. The summed E-state index contributed by atoms with van der Waals surface area (Å²) in [4.78, 5) is 9.10. The molecule has 6 nitrogen and oxygen atoms in total. The maximum atomic E-state index is 13.1. The lowest BCUT2D eigenvalue weighted by Gasteiger charge is -2.06. The van der Waals surface area contributed by atoms with Gasteiger partial charge < -0.3 is 9.84 Å². The number of sulfone groups is 1. The smallest absolute Gasteiger partial charge is 0.206 e. The van der Waals surface area contributed by atoms with E-state index in [1.54, 1.807) is 67.9 Å². The van der Waals surface area contributed by atoms with Crippen LogP contribution >= 0.6 is 15.9 Å². The highest BCUT2D eigenvalue weighted by Crippen LogP contribution is 2.26. The van der Waals surface area contributed by atoms with Crippen LogP contribution in [0.5, 0.6) is 11.5 Å². The van der Waals surface area contributed by atoms with E-state index in [-0.39, 0.29) is 15.5 Å². The van der Waals surface area contributed by atoms with E-state index in [1.807, 2.05) is 25.1 Å². The Morgan fingerprint density at radius 2 is 1.39 bits per heavy atom. The molecule has 4 aromatic rings. The van der Waals surface area contributed by atoms with Gasteiger partial charge in [0.1, 0.15) is 11.5 Å². The van der Waals surface area contributed by atoms with E-state index in [2.05, 4.69) is 25.9 Å². The third kappa shape index (κ3) is 5.90. The fourth-order valence-corrected chi connectivity index (χ4v) is 5.10. The van der Waals surface area contributed by atoms with Gasteiger partial charge in [0.05, 0.1) is 28.3 Å². The Bertz CT molecular complexity index is 1550. The third-order valence-corrected chi connectivity index (χ3v) is 7.70. The number of phenols is 1. The molecule has 0 atom stereocenters. The lowest BCUT2D eigenvalue weighted by Crippen LogP contribution is -2.01. The molecule has 1 N–H and O–H groups in total. The van der Waals surface area contributed by atoms with Crippen molar-refractivity contribution in [2.45, 2.75) is 16.7 Å². The normalized spacial score (nSPS) is 11.9. The molecular weight excluding hydrogens is 540 g/mol. The predicted octanol–water partition coefficient (Wildman–Crippen LogP) is 6.81. The zero-order valence-corrected chi connectivity index (χ0v) is 22.0.